The molecule has 3 fully saturated rings. The van der Waals surface area contributed by atoms with E-state index in [4.69, 9.17) is 4.74 Å². The van der Waals surface area contributed by atoms with E-state index in [1.165, 1.54) is 20.0 Å². The van der Waals surface area contributed by atoms with Gasteiger partial charge >= 0.3 is 5.97 Å². The predicted molar refractivity (Wildman–Crippen MR) is 91.5 cm³/mol. The minimum atomic E-state index is -0.768. The molecule has 3 aliphatic rings. The van der Waals surface area contributed by atoms with Crippen molar-refractivity contribution in [3.8, 4) is 0 Å². The Bertz CT molecular complexity index is 524. The summed E-state index contributed by atoms with van der Waals surface area (Å²) in [5.41, 5.74) is 0. The molecule has 0 aromatic heterocycles. The van der Waals surface area contributed by atoms with Crippen molar-refractivity contribution in [2.75, 3.05) is 20.2 Å². The summed E-state index contributed by atoms with van der Waals surface area (Å²) < 4.78 is 4.85. The zero-order valence-electron chi connectivity index (χ0n) is 14.9. The van der Waals surface area contributed by atoms with Gasteiger partial charge in [0, 0.05) is 12.5 Å². The first-order valence-electron chi connectivity index (χ1n) is 9.49. The van der Waals surface area contributed by atoms with Gasteiger partial charge in [-0.3, -0.25) is 9.59 Å². The molecule has 1 aliphatic carbocycles. The van der Waals surface area contributed by atoms with Crippen LogP contribution >= 0.6 is 0 Å². The largest absolute Gasteiger partial charge is 0.467 e. The number of hydrogen-bond acceptors (Lipinski definition) is 5. The Morgan fingerprint density at radius 3 is 2.80 bits per heavy atom. The van der Waals surface area contributed by atoms with Crippen LogP contribution in [0.3, 0.4) is 0 Å². The lowest BCUT2D eigenvalue weighted by Crippen LogP contribution is -2.52. The van der Waals surface area contributed by atoms with Crippen LogP contribution in [0.2, 0.25) is 0 Å². The maximum absolute atomic E-state index is 12.8. The topological polar surface area (TPSA) is 96.5 Å². The molecule has 5 atom stereocenters. The Balaban J connectivity index is 1.62. The maximum Gasteiger partial charge on any atom is 0.328 e. The van der Waals surface area contributed by atoms with Gasteiger partial charge in [-0.25, -0.2) is 4.79 Å². The number of methoxy groups -OCH3 is 1. The molecule has 0 radical (unpaired) electrons. The Hall–Kier alpha value is -1.63. The molecule has 25 heavy (non-hydrogen) atoms. The van der Waals surface area contributed by atoms with E-state index in [0.29, 0.717) is 24.8 Å². The molecule has 7 nitrogen and oxygen atoms in total. The molecular formula is C18H29N3O4. The Morgan fingerprint density at radius 2 is 2.04 bits per heavy atom. The van der Waals surface area contributed by atoms with Gasteiger partial charge in [-0.1, -0.05) is 12.8 Å². The van der Waals surface area contributed by atoms with E-state index in [1.54, 1.807) is 0 Å². The van der Waals surface area contributed by atoms with Crippen LogP contribution in [0.25, 0.3) is 0 Å². The lowest BCUT2D eigenvalue weighted by atomic mass is 9.78. The monoisotopic (exact) mass is 351 g/mol. The van der Waals surface area contributed by atoms with Crippen molar-refractivity contribution in [1.82, 2.24) is 16.0 Å². The van der Waals surface area contributed by atoms with E-state index in [0.717, 1.165) is 32.2 Å². The van der Waals surface area contributed by atoms with Crippen molar-refractivity contribution in [3.05, 3.63) is 0 Å². The maximum atomic E-state index is 12.8. The molecule has 2 aliphatic heterocycles. The summed E-state index contributed by atoms with van der Waals surface area (Å²) in [6.07, 6.45) is 6.56. The van der Waals surface area contributed by atoms with Gasteiger partial charge in [0.25, 0.3) is 0 Å². The van der Waals surface area contributed by atoms with Crippen LogP contribution in [-0.4, -0.2) is 50.1 Å². The normalized spacial score (nSPS) is 33.1. The van der Waals surface area contributed by atoms with E-state index in [2.05, 4.69) is 16.0 Å². The Morgan fingerprint density at radius 1 is 1.24 bits per heavy atom. The van der Waals surface area contributed by atoms with Crippen LogP contribution in [0.15, 0.2) is 0 Å². The van der Waals surface area contributed by atoms with E-state index in [-0.39, 0.29) is 23.8 Å². The van der Waals surface area contributed by atoms with Crippen LogP contribution in [0.4, 0.5) is 0 Å². The highest BCUT2D eigenvalue weighted by molar-refractivity contribution is 5.88. The molecule has 0 aromatic carbocycles. The SMILES string of the molecule is COC(=O)C(CC1CCCNC1=O)NC(=O)[C@H]1NC[C@@H]2CCCC[C@@H]21. The first kappa shape index (κ1) is 18.2. The second-order valence-electron chi connectivity index (χ2n) is 7.54. The van der Waals surface area contributed by atoms with E-state index in [1.807, 2.05) is 0 Å². The fourth-order valence-corrected chi connectivity index (χ4v) is 4.61. The minimum Gasteiger partial charge on any atom is -0.467 e. The number of nitrogens with one attached hydrogen (secondary N) is 3. The smallest absolute Gasteiger partial charge is 0.328 e. The molecule has 2 heterocycles. The second-order valence-corrected chi connectivity index (χ2v) is 7.54. The van der Waals surface area contributed by atoms with Gasteiger partial charge in [0.1, 0.15) is 6.04 Å². The number of hydrogen-bond donors (Lipinski definition) is 3. The third kappa shape index (κ3) is 4.14. The molecule has 1 saturated carbocycles. The summed E-state index contributed by atoms with van der Waals surface area (Å²) in [5, 5.41) is 9.01. The fourth-order valence-electron chi connectivity index (χ4n) is 4.61. The van der Waals surface area contributed by atoms with Gasteiger partial charge in [0.05, 0.1) is 13.2 Å². The van der Waals surface area contributed by atoms with Crippen molar-refractivity contribution >= 4 is 17.8 Å². The minimum absolute atomic E-state index is 0.0410. The Kier molecular flexibility index (Phi) is 5.93. The number of carbonyl (C=O) groups is 3. The highest BCUT2D eigenvalue weighted by atomic mass is 16.5. The zero-order valence-corrected chi connectivity index (χ0v) is 14.9. The number of ether oxygens (including phenoxy) is 1. The van der Waals surface area contributed by atoms with Gasteiger partial charge in [0.2, 0.25) is 11.8 Å². The van der Waals surface area contributed by atoms with Crippen LogP contribution in [-0.2, 0) is 19.1 Å². The van der Waals surface area contributed by atoms with Crippen LogP contribution in [0, 0.1) is 17.8 Å². The third-order valence-electron chi connectivity index (χ3n) is 6.00. The summed E-state index contributed by atoms with van der Waals surface area (Å²) in [5.74, 6) is -0.000915. The standard InChI is InChI=1S/C18H29N3O4/c1-25-18(24)14(9-11-6-4-8-19-16(11)22)21-17(23)15-13-7-3-2-5-12(13)10-20-15/h11-15,20H,2-10H2,1H3,(H,19,22)(H,21,23)/t11?,12-,13-,14?,15-/m0/s1. The molecule has 0 bridgehead atoms. The van der Waals surface area contributed by atoms with Crippen molar-refractivity contribution in [2.45, 2.75) is 57.0 Å². The molecule has 3 N–H and O–H groups in total. The Labute approximate surface area is 148 Å². The fraction of sp³-hybridized carbons (Fsp3) is 0.833. The lowest BCUT2D eigenvalue weighted by molar-refractivity contribution is -0.146. The molecule has 7 heteroatoms. The van der Waals surface area contributed by atoms with Gasteiger partial charge in [-0.15, -0.1) is 0 Å². The van der Waals surface area contributed by atoms with Gasteiger partial charge < -0.3 is 20.7 Å². The molecule has 3 rings (SSSR count). The number of piperidine rings is 1. The van der Waals surface area contributed by atoms with Crippen molar-refractivity contribution in [2.24, 2.45) is 17.8 Å². The lowest BCUT2D eigenvalue weighted by Gasteiger charge is -2.29. The molecule has 2 unspecified atom stereocenters. The van der Waals surface area contributed by atoms with Gasteiger partial charge in [-0.2, -0.15) is 0 Å². The van der Waals surface area contributed by atoms with Crippen molar-refractivity contribution in [3.63, 3.8) is 0 Å². The first-order valence-corrected chi connectivity index (χ1v) is 9.49. The summed E-state index contributed by atoms with van der Waals surface area (Å²) >= 11 is 0. The number of rotatable bonds is 5. The predicted octanol–water partition coefficient (Wildman–Crippen LogP) is 0.339. The van der Waals surface area contributed by atoms with Crippen LogP contribution < -0.4 is 16.0 Å². The number of amides is 2. The number of carbonyl (C=O) groups excluding carboxylic acids is 3. The highest BCUT2D eigenvalue weighted by Crippen LogP contribution is 2.36. The van der Waals surface area contributed by atoms with E-state index in [9.17, 15) is 14.4 Å². The zero-order chi connectivity index (χ0) is 17.8. The van der Waals surface area contributed by atoms with E-state index < -0.39 is 12.0 Å². The van der Waals surface area contributed by atoms with Crippen LogP contribution in [0.1, 0.15) is 44.9 Å². The molecule has 140 valence electrons. The summed E-state index contributed by atoms with van der Waals surface area (Å²) in [6.45, 7) is 1.55. The molecule has 2 amide bonds. The molecule has 0 aromatic rings. The van der Waals surface area contributed by atoms with E-state index >= 15 is 0 Å². The number of esters is 1. The highest BCUT2D eigenvalue weighted by Gasteiger charge is 2.42. The summed E-state index contributed by atoms with van der Waals surface area (Å²) in [4.78, 5) is 36.9. The molecule has 2 saturated heterocycles. The first-order chi connectivity index (χ1) is 12.1. The second kappa shape index (κ2) is 8.17. The van der Waals surface area contributed by atoms with Crippen molar-refractivity contribution < 1.29 is 19.1 Å². The van der Waals surface area contributed by atoms with Gasteiger partial charge in [-0.05, 0) is 50.5 Å². The quantitative estimate of drug-likeness (QED) is 0.621. The molecule has 0 spiro atoms. The number of fused-ring (bicyclic) bond motifs is 1. The average Bonchev–Trinajstić information content (AvgIpc) is 3.06. The van der Waals surface area contributed by atoms with Gasteiger partial charge in [0.15, 0.2) is 0 Å². The van der Waals surface area contributed by atoms with Crippen molar-refractivity contribution in [1.29, 1.82) is 0 Å². The molecular weight excluding hydrogens is 322 g/mol. The van der Waals surface area contributed by atoms with Crippen LogP contribution in [0.5, 0.6) is 0 Å². The summed E-state index contributed by atoms with van der Waals surface area (Å²) in [7, 11) is 1.31. The summed E-state index contributed by atoms with van der Waals surface area (Å²) in [6, 6.07) is -1.01. The third-order valence-corrected chi connectivity index (χ3v) is 6.00. The average molecular weight is 351 g/mol.